The molecule has 1 aliphatic heterocycles. The number of methoxy groups -OCH3 is 1. The van der Waals surface area contributed by atoms with Crippen LogP contribution in [0.15, 0.2) is 70.7 Å². The molecule has 30 heavy (non-hydrogen) atoms. The van der Waals surface area contributed by atoms with Gasteiger partial charge in [-0.15, -0.1) is 0 Å². The topological polar surface area (TPSA) is 111 Å². The Hall–Kier alpha value is -3.43. The van der Waals surface area contributed by atoms with Crippen molar-refractivity contribution < 1.29 is 22.7 Å². The van der Waals surface area contributed by atoms with E-state index in [0.29, 0.717) is 34.0 Å². The molecule has 1 heterocycles. The third-order valence-electron chi connectivity index (χ3n) is 4.35. The van der Waals surface area contributed by atoms with Crippen LogP contribution in [0.3, 0.4) is 0 Å². The van der Waals surface area contributed by atoms with Crippen molar-refractivity contribution in [1.82, 2.24) is 0 Å². The third-order valence-corrected chi connectivity index (χ3v) is 5.28. The van der Waals surface area contributed by atoms with E-state index >= 15 is 0 Å². The van der Waals surface area contributed by atoms with Crippen LogP contribution in [-0.2, 0) is 14.8 Å². The van der Waals surface area contributed by atoms with Crippen LogP contribution in [0.1, 0.15) is 12.5 Å². The first kappa shape index (κ1) is 21.3. The smallest absolute Gasteiger partial charge is 0.280 e. The molecule has 0 unspecified atom stereocenters. The quantitative estimate of drug-likeness (QED) is 0.539. The van der Waals surface area contributed by atoms with E-state index in [9.17, 15) is 13.2 Å². The number of primary sulfonamides is 1. The summed E-state index contributed by atoms with van der Waals surface area (Å²) in [5.41, 5.74) is 1.96. The van der Waals surface area contributed by atoms with Crippen molar-refractivity contribution in [2.75, 3.05) is 18.7 Å². The number of hydrazone groups is 1. The molecule has 2 aromatic carbocycles. The number of sulfonamides is 1. The molecule has 0 aliphatic carbocycles. The molecule has 8 nitrogen and oxygen atoms in total. The summed E-state index contributed by atoms with van der Waals surface area (Å²) >= 11 is 0. The fourth-order valence-electron chi connectivity index (χ4n) is 2.90. The van der Waals surface area contributed by atoms with Gasteiger partial charge in [0.2, 0.25) is 10.0 Å². The van der Waals surface area contributed by atoms with Gasteiger partial charge in [0.25, 0.3) is 5.91 Å². The van der Waals surface area contributed by atoms with E-state index in [1.54, 1.807) is 37.3 Å². The van der Waals surface area contributed by atoms with Gasteiger partial charge in [-0.25, -0.2) is 13.6 Å². The summed E-state index contributed by atoms with van der Waals surface area (Å²) in [7, 11) is -2.29. The van der Waals surface area contributed by atoms with Crippen molar-refractivity contribution >= 4 is 33.4 Å². The molecule has 0 bridgehead atoms. The number of nitrogens with two attached hydrogens (primary N) is 1. The van der Waals surface area contributed by atoms with Crippen LogP contribution in [0.5, 0.6) is 11.5 Å². The lowest BCUT2D eigenvalue weighted by atomic mass is 10.1. The number of benzene rings is 2. The molecule has 0 saturated carbocycles. The highest BCUT2D eigenvalue weighted by atomic mass is 32.2. The van der Waals surface area contributed by atoms with E-state index in [2.05, 4.69) is 11.7 Å². The van der Waals surface area contributed by atoms with E-state index in [4.69, 9.17) is 14.6 Å². The van der Waals surface area contributed by atoms with Gasteiger partial charge in [0.15, 0.2) is 11.5 Å². The lowest BCUT2D eigenvalue weighted by Gasteiger charge is -2.13. The van der Waals surface area contributed by atoms with Crippen LogP contribution in [0.4, 0.5) is 5.69 Å². The van der Waals surface area contributed by atoms with E-state index < -0.39 is 10.0 Å². The first-order valence-electron chi connectivity index (χ1n) is 8.91. The Morgan fingerprint density at radius 2 is 1.90 bits per heavy atom. The van der Waals surface area contributed by atoms with Crippen LogP contribution in [-0.4, -0.2) is 33.8 Å². The lowest BCUT2D eigenvalue weighted by molar-refractivity contribution is -0.114. The maximum Gasteiger partial charge on any atom is 0.280 e. The van der Waals surface area contributed by atoms with Crippen LogP contribution in [0.25, 0.3) is 6.08 Å². The molecule has 2 aromatic rings. The SMILES string of the molecule is C=CCOc1c(/C=C2\C(=O)N(c3ccc(S(N)(=O)=O)cc3)N=C2C)cccc1OC. The summed E-state index contributed by atoms with van der Waals surface area (Å²) in [6, 6.07) is 11.0. The minimum absolute atomic E-state index is 0.0465. The second kappa shape index (κ2) is 8.52. The lowest BCUT2D eigenvalue weighted by Crippen LogP contribution is -2.21. The minimum Gasteiger partial charge on any atom is -0.493 e. The average Bonchev–Trinajstić information content (AvgIpc) is 3.00. The Kier molecular flexibility index (Phi) is 6.04. The zero-order valence-electron chi connectivity index (χ0n) is 16.5. The van der Waals surface area contributed by atoms with Crippen LogP contribution in [0.2, 0.25) is 0 Å². The van der Waals surface area contributed by atoms with E-state index in [0.717, 1.165) is 0 Å². The highest BCUT2D eigenvalue weighted by molar-refractivity contribution is 7.89. The van der Waals surface area contributed by atoms with Gasteiger partial charge < -0.3 is 9.47 Å². The zero-order chi connectivity index (χ0) is 21.9. The molecule has 0 aromatic heterocycles. The second-order valence-electron chi connectivity index (χ2n) is 6.38. The van der Waals surface area contributed by atoms with Gasteiger partial charge in [-0.3, -0.25) is 4.79 Å². The number of rotatable bonds is 7. The van der Waals surface area contributed by atoms with Crippen LogP contribution in [0, 0.1) is 0 Å². The summed E-state index contributed by atoms with van der Waals surface area (Å²) in [5, 5.41) is 10.6. The van der Waals surface area contributed by atoms with Gasteiger partial charge in [-0.2, -0.15) is 10.1 Å². The van der Waals surface area contributed by atoms with Crippen LogP contribution >= 0.6 is 0 Å². The van der Waals surface area contributed by atoms with Gasteiger partial charge >= 0.3 is 0 Å². The summed E-state index contributed by atoms with van der Waals surface area (Å²) in [6.07, 6.45) is 3.30. The normalized spacial score (nSPS) is 15.3. The average molecular weight is 427 g/mol. The number of ether oxygens (including phenoxy) is 2. The molecule has 3 rings (SSSR count). The Morgan fingerprint density at radius 3 is 2.50 bits per heavy atom. The summed E-state index contributed by atoms with van der Waals surface area (Å²) in [5.74, 6) is 0.666. The minimum atomic E-state index is -3.82. The fraction of sp³-hybridized carbons (Fsp3) is 0.143. The van der Waals surface area contributed by atoms with Gasteiger partial charge in [-0.1, -0.05) is 24.8 Å². The molecule has 0 spiro atoms. The monoisotopic (exact) mass is 427 g/mol. The predicted octanol–water partition coefficient (Wildman–Crippen LogP) is 2.71. The molecule has 9 heteroatoms. The Labute approximate surface area is 175 Å². The number of para-hydroxylation sites is 1. The number of amides is 1. The molecule has 1 aliphatic rings. The van der Waals surface area contributed by atoms with E-state index in [1.807, 2.05) is 0 Å². The molecular formula is C21H21N3O5S. The number of anilines is 1. The van der Waals surface area contributed by atoms with Gasteiger partial charge in [0.1, 0.15) is 6.61 Å². The molecule has 0 fully saturated rings. The molecule has 2 N–H and O–H groups in total. The Morgan fingerprint density at radius 1 is 1.20 bits per heavy atom. The zero-order valence-corrected chi connectivity index (χ0v) is 17.3. The number of hydrogen-bond acceptors (Lipinski definition) is 6. The van der Waals surface area contributed by atoms with Gasteiger partial charge in [0.05, 0.1) is 29.0 Å². The number of carbonyl (C=O) groups is 1. The summed E-state index contributed by atoms with van der Waals surface area (Å²) < 4.78 is 33.9. The highest BCUT2D eigenvalue weighted by Gasteiger charge is 2.29. The van der Waals surface area contributed by atoms with Gasteiger partial charge in [-0.05, 0) is 43.3 Å². The van der Waals surface area contributed by atoms with Crippen molar-refractivity contribution in [3.8, 4) is 11.5 Å². The molecule has 0 radical (unpaired) electrons. The second-order valence-corrected chi connectivity index (χ2v) is 7.94. The van der Waals surface area contributed by atoms with Gasteiger partial charge in [0, 0.05) is 5.56 Å². The maximum atomic E-state index is 13.0. The molecular weight excluding hydrogens is 406 g/mol. The molecule has 1 amide bonds. The Balaban J connectivity index is 1.96. The van der Waals surface area contributed by atoms with Crippen LogP contribution < -0.4 is 19.6 Å². The third kappa shape index (κ3) is 4.27. The predicted molar refractivity (Wildman–Crippen MR) is 115 cm³/mol. The van der Waals surface area contributed by atoms with Crippen molar-refractivity contribution in [1.29, 1.82) is 0 Å². The molecule has 0 saturated heterocycles. The van der Waals surface area contributed by atoms with E-state index in [-0.39, 0.29) is 17.4 Å². The summed E-state index contributed by atoms with van der Waals surface area (Å²) in [6.45, 7) is 5.64. The number of carbonyl (C=O) groups excluding carboxylic acids is 1. The maximum absolute atomic E-state index is 13.0. The largest absolute Gasteiger partial charge is 0.493 e. The number of hydrogen-bond donors (Lipinski definition) is 1. The summed E-state index contributed by atoms with van der Waals surface area (Å²) in [4.78, 5) is 12.9. The van der Waals surface area contributed by atoms with Crippen molar-refractivity contribution in [2.24, 2.45) is 10.2 Å². The molecule has 156 valence electrons. The standard InChI is InChI=1S/C21H21N3O5S/c1-4-12-29-20-15(6-5-7-19(20)28-3)13-18-14(2)23-24(21(18)25)16-8-10-17(11-9-16)30(22,26)27/h4-11,13H,1,12H2,2-3H3,(H2,22,26,27)/b18-13-. The Bertz CT molecular complexity index is 1150. The highest BCUT2D eigenvalue weighted by Crippen LogP contribution is 2.34. The van der Waals surface area contributed by atoms with Crippen molar-refractivity contribution in [2.45, 2.75) is 11.8 Å². The van der Waals surface area contributed by atoms with E-state index in [1.165, 1.54) is 36.4 Å². The molecule has 0 atom stereocenters. The first-order valence-corrected chi connectivity index (χ1v) is 10.5. The number of nitrogens with zero attached hydrogens (tertiary/aromatic N) is 2. The fourth-order valence-corrected chi connectivity index (χ4v) is 3.41. The first-order chi connectivity index (χ1) is 14.3. The van der Waals surface area contributed by atoms with Crippen molar-refractivity contribution in [3.05, 3.63) is 66.3 Å². The van der Waals surface area contributed by atoms with Crippen molar-refractivity contribution in [3.63, 3.8) is 0 Å².